The van der Waals surface area contributed by atoms with Crippen molar-refractivity contribution >= 4 is 14.3 Å². The van der Waals surface area contributed by atoms with Gasteiger partial charge in [0.1, 0.15) is 0 Å². The van der Waals surface area contributed by atoms with Crippen molar-refractivity contribution in [3.05, 3.63) is 22.8 Å². The first-order valence-corrected chi connectivity index (χ1v) is 10.6. The quantitative estimate of drug-likeness (QED) is 0.616. The Bertz CT molecular complexity index is 305. The van der Waals surface area contributed by atoms with Crippen molar-refractivity contribution < 1.29 is 0 Å². The van der Waals surface area contributed by atoms with E-state index in [1.807, 2.05) is 0 Å². The molecule has 0 saturated carbocycles. The third-order valence-corrected chi connectivity index (χ3v) is 14.1. The maximum atomic E-state index is 2.60. The van der Waals surface area contributed by atoms with E-state index in [9.17, 15) is 0 Å². The maximum absolute atomic E-state index is 2.60. The Balaban J connectivity index is 2.33. The molecule has 1 saturated heterocycles. The molecular formula is C13H22Ge. The summed E-state index contributed by atoms with van der Waals surface area (Å²) in [5.41, 5.74) is 4.86. The summed E-state index contributed by atoms with van der Waals surface area (Å²) in [4.78, 5) is 0. The van der Waals surface area contributed by atoms with Crippen LogP contribution < -0.4 is 0 Å². The van der Waals surface area contributed by atoms with Crippen LogP contribution in [0.4, 0.5) is 0 Å². The van der Waals surface area contributed by atoms with Crippen LogP contribution in [0.25, 0.3) is 0 Å². The molecule has 0 aromatic heterocycles. The molecule has 0 aromatic rings. The Hall–Kier alpha value is 0.0229. The van der Waals surface area contributed by atoms with Crippen LogP contribution in [0.5, 0.6) is 0 Å². The van der Waals surface area contributed by atoms with Crippen molar-refractivity contribution in [3.8, 4) is 0 Å². The van der Waals surface area contributed by atoms with E-state index in [-0.39, 0.29) is 0 Å². The van der Waals surface area contributed by atoms with Crippen LogP contribution >= 0.6 is 0 Å². The summed E-state index contributed by atoms with van der Waals surface area (Å²) < 4.78 is 0.581. The van der Waals surface area contributed by atoms with Crippen molar-refractivity contribution in [2.24, 2.45) is 0 Å². The Labute approximate surface area is 92.6 Å². The molecule has 1 aliphatic heterocycles. The molecule has 78 valence electrons. The average Bonchev–Trinajstić information content (AvgIpc) is 2.73. The number of hydrogen-bond donors (Lipinski definition) is 0. The molecule has 0 N–H and O–H groups in total. The minimum atomic E-state index is -1.02. The molecule has 1 heteroatoms. The molecule has 2 aliphatic rings. The summed E-state index contributed by atoms with van der Waals surface area (Å²) in [6, 6.07) is 0. The molecule has 14 heavy (non-hydrogen) atoms. The van der Waals surface area contributed by atoms with Gasteiger partial charge in [0, 0.05) is 0 Å². The van der Waals surface area contributed by atoms with Crippen LogP contribution in [0.2, 0.25) is 14.8 Å². The topological polar surface area (TPSA) is 0 Å². The predicted molar refractivity (Wildman–Crippen MR) is 66.5 cm³/mol. The van der Waals surface area contributed by atoms with E-state index in [1.54, 1.807) is 27.2 Å². The summed E-state index contributed by atoms with van der Waals surface area (Å²) >= 11 is -1.02. The van der Waals surface area contributed by atoms with E-state index in [0.29, 0.717) is 4.25 Å². The molecular weight excluding hydrogens is 229 g/mol. The monoisotopic (exact) mass is 252 g/mol. The second kappa shape index (κ2) is 3.55. The van der Waals surface area contributed by atoms with Gasteiger partial charge in [0.15, 0.2) is 0 Å². The van der Waals surface area contributed by atoms with Gasteiger partial charge in [-0.15, -0.1) is 0 Å². The second-order valence-corrected chi connectivity index (χ2v) is 13.2. The molecule has 0 radical (unpaired) electrons. The van der Waals surface area contributed by atoms with Crippen LogP contribution in [0.15, 0.2) is 22.8 Å². The SMILES string of the molecule is CC1=C[C](C)([GeH]2[CH2]CC[CH2]2)C(C)=C1C. The first kappa shape index (κ1) is 10.5. The van der Waals surface area contributed by atoms with Crippen molar-refractivity contribution in [2.75, 3.05) is 0 Å². The summed E-state index contributed by atoms with van der Waals surface area (Å²) in [6.07, 6.45) is 5.66. The van der Waals surface area contributed by atoms with E-state index >= 15 is 0 Å². The average molecular weight is 251 g/mol. The standard InChI is InChI=1S/C13H22Ge/c1-10-9-13(4,12(3)11(10)2)14-7-5-6-8-14/h9,14H,5-8H2,1-4H3. The number of allylic oxidation sites excluding steroid dienone is 4. The summed E-state index contributed by atoms with van der Waals surface area (Å²) in [7, 11) is 0. The van der Waals surface area contributed by atoms with Gasteiger partial charge in [-0.05, 0) is 0 Å². The first-order chi connectivity index (χ1) is 6.55. The van der Waals surface area contributed by atoms with Crippen LogP contribution in [-0.4, -0.2) is 14.3 Å². The normalized spacial score (nSPS) is 34.1. The van der Waals surface area contributed by atoms with Crippen molar-refractivity contribution in [1.82, 2.24) is 0 Å². The summed E-state index contributed by atoms with van der Waals surface area (Å²) in [5.74, 6) is 0. The zero-order valence-electron chi connectivity index (χ0n) is 9.98. The third-order valence-electron chi connectivity index (χ3n) is 4.68. The zero-order chi connectivity index (χ0) is 10.3. The van der Waals surface area contributed by atoms with Gasteiger partial charge in [-0.3, -0.25) is 0 Å². The fourth-order valence-electron chi connectivity index (χ4n) is 3.32. The third kappa shape index (κ3) is 1.42. The van der Waals surface area contributed by atoms with Gasteiger partial charge in [0.25, 0.3) is 0 Å². The molecule has 1 heterocycles. The van der Waals surface area contributed by atoms with Gasteiger partial charge >= 0.3 is 92.4 Å². The van der Waals surface area contributed by atoms with Gasteiger partial charge in [-0.2, -0.15) is 0 Å². The molecule has 1 fully saturated rings. The summed E-state index contributed by atoms with van der Waals surface area (Å²) in [6.45, 7) is 9.51. The molecule has 2 rings (SSSR count). The van der Waals surface area contributed by atoms with Gasteiger partial charge in [0.05, 0.1) is 0 Å². The Kier molecular flexibility index (Phi) is 2.67. The molecule has 0 bridgehead atoms. The number of hydrogen-bond acceptors (Lipinski definition) is 0. The van der Waals surface area contributed by atoms with Crippen LogP contribution in [0.1, 0.15) is 40.5 Å². The van der Waals surface area contributed by atoms with E-state index in [1.165, 1.54) is 12.8 Å². The molecule has 1 unspecified atom stereocenters. The van der Waals surface area contributed by atoms with Gasteiger partial charge in [-0.1, -0.05) is 0 Å². The van der Waals surface area contributed by atoms with E-state index in [2.05, 4.69) is 33.8 Å². The van der Waals surface area contributed by atoms with Crippen LogP contribution in [0, 0.1) is 0 Å². The molecule has 1 atom stereocenters. The fourth-order valence-corrected chi connectivity index (χ4v) is 12.5. The molecule has 0 spiro atoms. The summed E-state index contributed by atoms with van der Waals surface area (Å²) in [5, 5.41) is 3.25. The van der Waals surface area contributed by atoms with Gasteiger partial charge in [0.2, 0.25) is 0 Å². The van der Waals surface area contributed by atoms with E-state index in [0.717, 1.165) is 0 Å². The zero-order valence-corrected chi connectivity index (χ0v) is 12.4. The van der Waals surface area contributed by atoms with Crippen molar-refractivity contribution in [2.45, 2.75) is 55.3 Å². The second-order valence-electron chi connectivity index (χ2n) is 5.34. The molecule has 1 aliphatic carbocycles. The van der Waals surface area contributed by atoms with Crippen molar-refractivity contribution in [3.63, 3.8) is 0 Å². The Morgan fingerprint density at radius 1 is 1.14 bits per heavy atom. The minimum absolute atomic E-state index is 0.581. The van der Waals surface area contributed by atoms with Gasteiger partial charge < -0.3 is 0 Å². The van der Waals surface area contributed by atoms with E-state index in [4.69, 9.17) is 0 Å². The predicted octanol–water partition coefficient (Wildman–Crippen LogP) is 4.06. The van der Waals surface area contributed by atoms with Crippen LogP contribution in [-0.2, 0) is 0 Å². The fraction of sp³-hybridized carbons (Fsp3) is 0.692. The molecule has 0 aromatic carbocycles. The van der Waals surface area contributed by atoms with Crippen molar-refractivity contribution in [1.29, 1.82) is 0 Å². The Morgan fingerprint density at radius 2 is 1.71 bits per heavy atom. The van der Waals surface area contributed by atoms with Crippen LogP contribution in [0.3, 0.4) is 0 Å². The molecule has 0 nitrogen and oxygen atoms in total. The Morgan fingerprint density at radius 3 is 2.14 bits per heavy atom. The van der Waals surface area contributed by atoms with E-state index < -0.39 is 14.3 Å². The first-order valence-electron chi connectivity index (χ1n) is 5.93. The van der Waals surface area contributed by atoms with Gasteiger partial charge in [-0.25, -0.2) is 0 Å². The number of rotatable bonds is 1. The molecule has 0 amide bonds.